The van der Waals surface area contributed by atoms with Crippen molar-refractivity contribution >= 4 is 32.9 Å². The predicted molar refractivity (Wildman–Crippen MR) is 53.0 cm³/mol. The molecular formula is C6H10IN3S2. The van der Waals surface area contributed by atoms with Crippen molar-refractivity contribution in [3.63, 3.8) is 0 Å². The molecule has 1 rings (SSSR count). The highest BCUT2D eigenvalue weighted by atomic mass is 127. The Balaban J connectivity index is 0.00000121. The number of halogens is 1. The van der Waals surface area contributed by atoms with Gasteiger partial charge in [0.05, 0.1) is 0 Å². The van der Waals surface area contributed by atoms with E-state index in [0.29, 0.717) is 5.11 Å². The van der Waals surface area contributed by atoms with Crippen LogP contribution in [0.15, 0.2) is 6.20 Å². The van der Waals surface area contributed by atoms with Crippen LogP contribution in [0.3, 0.4) is 0 Å². The van der Waals surface area contributed by atoms with Crippen LogP contribution in [0.1, 0.15) is 4.88 Å². The molecule has 1 aromatic heterocycles. The van der Waals surface area contributed by atoms with Gasteiger partial charge in [0.2, 0.25) is 11.4 Å². The van der Waals surface area contributed by atoms with E-state index in [1.165, 1.54) is 16.2 Å². The van der Waals surface area contributed by atoms with Crippen molar-refractivity contribution in [3.8, 4) is 0 Å². The van der Waals surface area contributed by atoms with E-state index < -0.39 is 0 Å². The van der Waals surface area contributed by atoms with Gasteiger partial charge >= 0.3 is 5.11 Å². The van der Waals surface area contributed by atoms with E-state index in [2.05, 4.69) is 10.3 Å². The van der Waals surface area contributed by atoms with Crippen molar-refractivity contribution in [2.75, 3.05) is 11.6 Å². The third-order valence-electron chi connectivity index (χ3n) is 1.07. The highest BCUT2D eigenvalue weighted by Gasteiger charge is 2.03. The number of nitrogens with zero attached hydrogens (tertiary/aromatic N) is 1. The lowest BCUT2D eigenvalue weighted by Crippen LogP contribution is -3.00. The summed E-state index contributed by atoms with van der Waals surface area (Å²) in [5.41, 5.74) is 5.55. The fourth-order valence-electron chi connectivity index (χ4n) is 0.569. The lowest BCUT2D eigenvalue weighted by Gasteiger charge is -1.89. The first-order valence-electron chi connectivity index (χ1n) is 3.08. The molecule has 0 aliphatic heterocycles. The summed E-state index contributed by atoms with van der Waals surface area (Å²) in [4.78, 5) is 5.28. The Bertz CT molecular complexity index is 272. The second kappa shape index (κ2) is 5.79. The molecule has 68 valence electrons. The first-order chi connectivity index (χ1) is 5.22. The molecule has 0 unspecified atom stereocenters. The average molecular weight is 315 g/mol. The average Bonchev–Trinajstić information content (AvgIpc) is 2.35. The molecule has 0 bridgehead atoms. The molecule has 0 fully saturated rings. The van der Waals surface area contributed by atoms with Gasteiger partial charge in [0.25, 0.3) is 0 Å². The van der Waals surface area contributed by atoms with Crippen LogP contribution in [-0.2, 0) is 11.4 Å². The summed E-state index contributed by atoms with van der Waals surface area (Å²) in [6.45, 7) is 2.01. The highest BCUT2D eigenvalue weighted by Crippen LogP contribution is 2.15. The maximum absolute atomic E-state index is 5.55. The van der Waals surface area contributed by atoms with Crippen LogP contribution in [0.5, 0.6) is 0 Å². The second-order valence-corrected chi connectivity index (χ2v) is 4.05. The maximum atomic E-state index is 5.55. The van der Waals surface area contributed by atoms with Crippen molar-refractivity contribution in [1.29, 1.82) is 0 Å². The van der Waals surface area contributed by atoms with Gasteiger partial charge in [-0.2, -0.15) is 0 Å². The summed E-state index contributed by atoms with van der Waals surface area (Å²) in [6, 6.07) is 0. The zero-order valence-corrected chi connectivity index (χ0v) is 10.6. The number of aromatic nitrogens is 1. The minimum Gasteiger partial charge on any atom is -1.00 e. The van der Waals surface area contributed by atoms with E-state index in [1.807, 2.05) is 19.4 Å². The van der Waals surface area contributed by atoms with Crippen LogP contribution in [-0.4, -0.2) is 16.4 Å². The molecule has 0 amide bonds. The molecule has 0 aliphatic carbocycles. The van der Waals surface area contributed by atoms with Crippen molar-refractivity contribution in [2.24, 2.45) is 5.73 Å². The molecule has 1 aromatic rings. The van der Waals surface area contributed by atoms with Crippen LogP contribution in [0.25, 0.3) is 0 Å². The van der Waals surface area contributed by atoms with Gasteiger partial charge in [0, 0.05) is 11.1 Å². The standard InChI is InChI=1S/C6H10N3S2.HI/c1-4-3-8-6(11-4)9-5(7)10-2;/h3H,7H2,1-2H3,(H,8,9);1H/q+1;/p-1. The number of nitrogens with two attached hydrogens (primary N) is 1. The molecule has 12 heavy (non-hydrogen) atoms. The zero-order valence-electron chi connectivity index (χ0n) is 6.80. The lowest BCUT2D eigenvalue weighted by molar-refractivity contribution is -0.00000239. The SMILES string of the molecule is C/[S+]=C(\N)Nc1ncc(C)s1.[I-]. The summed E-state index contributed by atoms with van der Waals surface area (Å²) >= 11 is 3.07. The molecular weight excluding hydrogens is 305 g/mol. The summed E-state index contributed by atoms with van der Waals surface area (Å²) in [7, 11) is 0. The van der Waals surface area contributed by atoms with Gasteiger partial charge in [-0.25, -0.2) is 10.7 Å². The Labute approximate surface area is 96.7 Å². The number of thiazole rings is 1. The Kier molecular flexibility index (Phi) is 5.89. The first-order valence-corrected chi connectivity index (χ1v) is 5.12. The van der Waals surface area contributed by atoms with E-state index in [9.17, 15) is 0 Å². The lowest BCUT2D eigenvalue weighted by atomic mass is 10.7. The molecule has 0 radical (unpaired) electrons. The molecule has 0 atom stereocenters. The van der Waals surface area contributed by atoms with Crippen LogP contribution < -0.4 is 35.0 Å². The molecule has 0 saturated carbocycles. The largest absolute Gasteiger partial charge is 1.00 e. The van der Waals surface area contributed by atoms with Gasteiger partial charge in [-0.1, -0.05) is 0 Å². The number of nitrogens with one attached hydrogen (secondary N) is 1. The molecule has 1 heterocycles. The smallest absolute Gasteiger partial charge is 0.344 e. The van der Waals surface area contributed by atoms with E-state index in [-0.39, 0.29) is 24.0 Å². The quantitative estimate of drug-likeness (QED) is 0.346. The van der Waals surface area contributed by atoms with Gasteiger partial charge in [-0.15, -0.1) is 11.3 Å². The Hall–Kier alpha value is 0.210. The van der Waals surface area contributed by atoms with E-state index >= 15 is 0 Å². The summed E-state index contributed by atoms with van der Waals surface area (Å²) in [5.74, 6) is 0. The minimum atomic E-state index is 0. The molecule has 0 aliphatic rings. The third kappa shape index (κ3) is 3.74. The molecule has 3 N–H and O–H groups in total. The topological polar surface area (TPSA) is 50.9 Å². The molecule has 6 heteroatoms. The van der Waals surface area contributed by atoms with Crippen LogP contribution in [0, 0.1) is 6.92 Å². The van der Waals surface area contributed by atoms with Crippen LogP contribution >= 0.6 is 11.3 Å². The molecule has 0 saturated heterocycles. The minimum absolute atomic E-state index is 0. The highest BCUT2D eigenvalue weighted by molar-refractivity contribution is 7.78. The van der Waals surface area contributed by atoms with E-state index in [1.54, 1.807) is 11.3 Å². The van der Waals surface area contributed by atoms with Gasteiger partial charge in [-0.05, 0) is 6.92 Å². The van der Waals surface area contributed by atoms with Crippen molar-refractivity contribution in [3.05, 3.63) is 11.1 Å². The Morgan fingerprint density at radius 2 is 2.42 bits per heavy atom. The van der Waals surface area contributed by atoms with Crippen LogP contribution in [0.4, 0.5) is 5.13 Å². The predicted octanol–water partition coefficient (Wildman–Crippen LogP) is -2.37. The Morgan fingerprint density at radius 1 is 1.75 bits per heavy atom. The molecule has 0 aromatic carbocycles. The summed E-state index contributed by atoms with van der Waals surface area (Å²) in [6.07, 6.45) is 3.74. The number of hydrogen-bond acceptors (Lipinski definition) is 2. The van der Waals surface area contributed by atoms with Gasteiger partial charge in [0.1, 0.15) is 0 Å². The third-order valence-corrected chi connectivity index (χ3v) is 2.44. The molecule has 3 nitrogen and oxygen atoms in total. The van der Waals surface area contributed by atoms with Crippen molar-refractivity contribution < 1.29 is 24.0 Å². The monoisotopic (exact) mass is 315 g/mol. The van der Waals surface area contributed by atoms with Crippen molar-refractivity contribution in [1.82, 2.24) is 4.98 Å². The molecule has 0 spiro atoms. The normalized spacial score (nSPS) is 10.8. The maximum Gasteiger partial charge on any atom is 0.344 e. The summed E-state index contributed by atoms with van der Waals surface area (Å²) < 4.78 is 0. The van der Waals surface area contributed by atoms with E-state index in [0.717, 1.165) is 5.13 Å². The van der Waals surface area contributed by atoms with Gasteiger partial charge < -0.3 is 24.0 Å². The Morgan fingerprint density at radius 3 is 2.83 bits per heavy atom. The fraction of sp³-hybridized carbons (Fsp3) is 0.333. The van der Waals surface area contributed by atoms with Crippen molar-refractivity contribution in [2.45, 2.75) is 6.92 Å². The van der Waals surface area contributed by atoms with Gasteiger partial charge in [0.15, 0.2) is 11.4 Å². The number of rotatable bonds is 1. The van der Waals surface area contributed by atoms with Crippen LogP contribution in [0.2, 0.25) is 0 Å². The van der Waals surface area contributed by atoms with Gasteiger partial charge in [-0.3, -0.25) is 5.32 Å². The second-order valence-electron chi connectivity index (χ2n) is 1.97. The fourth-order valence-corrected chi connectivity index (χ4v) is 1.51. The first kappa shape index (κ1) is 12.2. The summed E-state index contributed by atoms with van der Waals surface area (Å²) in [5, 5.41) is 4.51. The number of anilines is 1. The number of hydrogen-bond donors (Lipinski definition) is 2. The number of aryl methyl sites for hydroxylation is 1. The zero-order chi connectivity index (χ0) is 8.27. The van der Waals surface area contributed by atoms with E-state index in [4.69, 9.17) is 5.73 Å².